The molecular weight excluding hydrogens is 442 g/mol. The van der Waals surface area contributed by atoms with Crippen molar-refractivity contribution < 1.29 is 14.0 Å². The van der Waals surface area contributed by atoms with Crippen LogP contribution in [0.4, 0.5) is 5.69 Å². The summed E-state index contributed by atoms with van der Waals surface area (Å²) >= 11 is 0. The molecule has 2 aromatic carbocycles. The molecule has 35 heavy (non-hydrogen) atoms. The molecule has 1 atom stereocenters. The number of anilines is 1. The van der Waals surface area contributed by atoms with Crippen LogP contribution in [0, 0.1) is 0 Å². The van der Waals surface area contributed by atoms with Gasteiger partial charge in [0.1, 0.15) is 17.8 Å². The van der Waals surface area contributed by atoms with Crippen LogP contribution in [0.2, 0.25) is 0 Å². The molecular formula is C27H29N5O3. The summed E-state index contributed by atoms with van der Waals surface area (Å²) in [5.74, 6) is -0.118. The average Bonchev–Trinajstić information content (AvgIpc) is 3.66. The number of benzene rings is 2. The Balaban J connectivity index is 1.53. The van der Waals surface area contributed by atoms with E-state index in [4.69, 9.17) is 4.42 Å². The van der Waals surface area contributed by atoms with Crippen LogP contribution in [0.1, 0.15) is 50.0 Å². The molecule has 8 nitrogen and oxygen atoms in total. The molecule has 2 heterocycles. The van der Waals surface area contributed by atoms with Crippen molar-refractivity contribution in [3.8, 4) is 0 Å². The Labute approximate surface area is 203 Å². The number of aromatic nitrogens is 3. The largest absolute Gasteiger partial charge is 0.467 e. The monoisotopic (exact) mass is 471 g/mol. The first-order valence-corrected chi connectivity index (χ1v) is 12.2. The number of nitrogens with one attached hydrogen (secondary N) is 1. The second-order valence-electron chi connectivity index (χ2n) is 8.93. The third-order valence-corrected chi connectivity index (χ3v) is 6.62. The number of hydrogen-bond donors (Lipinski definition) is 1. The molecule has 1 unspecified atom stereocenters. The van der Waals surface area contributed by atoms with Gasteiger partial charge in [0.2, 0.25) is 5.91 Å². The third kappa shape index (κ3) is 4.82. The fourth-order valence-electron chi connectivity index (χ4n) is 4.74. The highest BCUT2D eigenvalue weighted by atomic mass is 16.3. The molecule has 1 fully saturated rings. The number of amides is 2. The highest BCUT2D eigenvalue weighted by Crippen LogP contribution is 2.30. The summed E-state index contributed by atoms with van der Waals surface area (Å²) in [6.45, 7) is 2.01. The van der Waals surface area contributed by atoms with Crippen molar-refractivity contribution in [2.24, 2.45) is 0 Å². The van der Waals surface area contributed by atoms with E-state index in [1.54, 1.807) is 16.8 Å². The van der Waals surface area contributed by atoms with Crippen LogP contribution in [-0.2, 0) is 22.6 Å². The Kier molecular flexibility index (Phi) is 6.61. The summed E-state index contributed by atoms with van der Waals surface area (Å²) in [7, 11) is 0. The molecule has 0 saturated heterocycles. The van der Waals surface area contributed by atoms with Gasteiger partial charge in [-0.3, -0.25) is 14.5 Å². The normalized spacial score (nSPS) is 14.8. The van der Waals surface area contributed by atoms with Crippen molar-refractivity contribution in [2.75, 3.05) is 4.90 Å². The summed E-state index contributed by atoms with van der Waals surface area (Å²) in [5, 5.41) is 11.5. The van der Waals surface area contributed by atoms with Gasteiger partial charge >= 0.3 is 0 Å². The summed E-state index contributed by atoms with van der Waals surface area (Å²) in [5.41, 5.74) is 3.24. The number of para-hydroxylation sites is 1. The number of fused-ring (bicyclic) bond motifs is 1. The first-order valence-electron chi connectivity index (χ1n) is 12.2. The van der Waals surface area contributed by atoms with Crippen molar-refractivity contribution in [3.05, 3.63) is 78.3 Å². The van der Waals surface area contributed by atoms with Gasteiger partial charge in [-0.25, -0.2) is 4.68 Å². The van der Waals surface area contributed by atoms with Gasteiger partial charge < -0.3 is 9.73 Å². The zero-order valence-corrected chi connectivity index (χ0v) is 19.8. The first kappa shape index (κ1) is 22.8. The molecule has 4 aromatic rings. The minimum atomic E-state index is -0.944. The topological polar surface area (TPSA) is 93.3 Å². The van der Waals surface area contributed by atoms with Gasteiger partial charge in [0.05, 0.1) is 11.8 Å². The molecule has 180 valence electrons. The maximum Gasteiger partial charge on any atom is 0.251 e. The lowest BCUT2D eigenvalue weighted by molar-refractivity contribution is -0.127. The van der Waals surface area contributed by atoms with Gasteiger partial charge in [0.15, 0.2) is 6.04 Å². The molecule has 1 aliphatic rings. The summed E-state index contributed by atoms with van der Waals surface area (Å²) in [6, 6.07) is 17.9. The van der Waals surface area contributed by atoms with Gasteiger partial charge in [-0.1, -0.05) is 49.2 Å². The fourth-order valence-corrected chi connectivity index (χ4v) is 4.74. The molecule has 8 heteroatoms. The van der Waals surface area contributed by atoms with Crippen LogP contribution in [0.3, 0.4) is 0 Å². The Bertz CT molecular complexity index is 1290. The second-order valence-corrected chi connectivity index (χ2v) is 8.93. The van der Waals surface area contributed by atoms with E-state index in [1.165, 1.54) is 11.2 Å². The smallest absolute Gasteiger partial charge is 0.251 e. The predicted molar refractivity (Wildman–Crippen MR) is 133 cm³/mol. The molecule has 1 aliphatic carbocycles. The van der Waals surface area contributed by atoms with E-state index >= 15 is 0 Å². The van der Waals surface area contributed by atoms with Gasteiger partial charge in [-0.05, 0) is 61.2 Å². The molecule has 5 rings (SSSR count). The lowest BCUT2D eigenvalue weighted by atomic mass is 10.1. The molecule has 1 N–H and O–H groups in total. The lowest BCUT2D eigenvalue weighted by Crippen LogP contribution is -2.47. The first-order chi connectivity index (χ1) is 17.1. The van der Waals surface area contributed by atoms with Crippen molar-refractivity contribution in [1.82, 2.24) is 20.3 Å². The van der Waals surface area contributed by atoms with Gasteiger partial charge in [-0.2, -0.15) is 0 Å². The van der Waals surface area contributed by atoms with Crippen LogP contribution in [-0.4, -0.2) is 32.9 Å². The summed E-state index contributed by atoms with van der Waals surface area (Å²) < 4.78 is 7.26. The fraction of sp³-hybridized carbons (Fsp3) is 0.333. The molecule has 1 saturated carbocycles. The maximum atomic E-state index is 13.9. The SMILES string of the molecule is CCc1ccc(N(C(=O)Cn2nnc3ccccc32)C(C(=O)NC2CCCC2)c2ccco2)cc1. The minimum absolute atomic E-state index is 0.0655. The molecule has 0 spiro atoms. The number of rotatable bonds is 8. The van der Waals surface area contributed by atoms with Crippen LogP contribution in [0.5, 0.6) is 0 Å². The number of carbonyl (C=O) groups excluding carboxylic acids is 2. The van der Waals surface area contributed by atoms with Gasteiger partial charge in [0.25, 0.3) is 5.91 Å². The van der Waals surface area contributed by atoms with E-state index in [9.17, 15) is 9.59 Å². The van der Waals surface area contributed by atoms with Crippen molar-refractivity contribution >= 4 is 28.5 Å². The highest BCUT2D eigenvalue weighted by Gasteiger charge is 2.36. The van der Waals surface area contributed by atoms with Crippen LogP contribution < -0.4 is 10.2 Å². The number of nitrogens with zero attached hydrogens (tertiary/aromatic N) is 4. The molecule has 2 amide bonds. The van der Waals surface area contributed by atoms with Crippen molar-refractivity contribution in [1.29, 1.82) is 0 Å². The second kappa shape index (κ2) is 10.1. The van der Waals surface area contributed by atoms with Crippen molar-refractivity contribution in [3.63, 3.8) is 0 Å². The summed E-state index contributed by atoms with van der Waals surface area (Å²) in [4.78, 5) is 29.1. The Hall–Kier alpha value is -3.94. The average molecular weight is 472 g/mol. The standard InChI is InChI=1S/C27H29N5O3/c1-2-19-13-15-21(16-14-19)32(25(33)18-31-23-11-6-5-10-22(23)29-30-31)26(24-12-7-17-35-24)27(34)28-20-8-3-4-9-20/h5-7,10-17,20,26H,2-4,8-9,18H2,1H3,(H,28,34). The van der Waals surface area contributed by atoms with Crippen LogP contribution in [0.15, 0.2) is 71.3 Å². The summed E-state index contributed by atoms with van der Waals surface area (Å²) in [6.07, 6.45) is 6.48. The van der Waals surface area contributed by atoms with Gasteiger partial charge in [-0.15, -0.1) is 5.10 Å². The third-order valence-electron chi connectivity index (χ3n) is 6.62. The molecule has 0 aliphatic heterocycles. The number of aryl methyl sites for hydroxylation is 1. The number of hydrogen-bond acceptors (Lipinski definition) is 5. The highest BCUT2D eigenvalue weighted by molar-refractivity contribution is 6.01. The lowest BCUT2D eigenvalue weighted by Gasteiger charge is -2.31. The van der Waals surface area contributed by atoms with Crippen LogP contribution >= 0.6 is 0 Å². The maximum absolute atomic E-state index is 13.9. The van der Waals surface area contributed by atoms with E-state index in [0.717, 1.165) is 43.2 Å². The minimum Gasteiger partial charge on any atom is -0.467 e. The zero-order chi connectivity index (χ0) is 24.2. The van der Waals surface area contributed by atoms with E-state index in [1.807, 2.05) is 48.5 Å². The Morgan fingerprint density at radius 2 is 1.86 bits per heavy atom. The predicted octanol–water partition coefficient (Wildman–Crippen LogP) is 4.42. The molecule has 2 aromatic heterocycles. The quantitative estimate of drug-likeness (QED) is 0.411. The van der Waals surface area contributed by atoms with E-state index < -0.39 is 6.04 Å². The van der Waals surface area contributed by atoms with E-state index in [0.29, 0.717) is 17.0 Å². The number of carbonyl (C=O) groups is 2. The van der Waals surface area contributed by atoms with Crippen molar-refractivity contribution in [2.45, 2.75) is 57.7 Å². The Morgan fingerprint density at radius 1 is 1.09 bits per heavy atom. The van der Waals surface area contributed by atoms with Gasteiger partial charge in [0, 0.05) is 11.7 Å². The zero-order valence-electron chi connectivity index (χ0n) is 19.8. The molecule has 0 bridgehead atoms. The van der Waals surface area contributed by atoms with Crippen LogP contribution in [0.25, 0.3) is 11.0 Å². The van der Waals surface area contributed by atoms with E-state index in [2.05, 4.69) is 22.6 Å². The van der Waals surface area contributed by atoms with E-state index in [-0.39, 0.29) is 24.4 Å². The Morgan fingerprint density at radius 3 is 2.57 bits per heavy atom. The molecule has 0 radical (unpaired) electrons. The number of furan rings is 1.